The van der Waals surface area contributed by atoms with Gasteiger partial charge >= 0.3 is 0 Å². The summed E-state index contributed by atoms with van der Waals surface area (Å²) in [5.74, 6) is 0. The maximum atomic E-state index is 2.95. The van der Waals surface area contributed by atoms with Gasteiger partial charge in [0, 0.05) is 55.6 Å². The highest BCUT2D eigenvalue weighted by atomic mass is 28.3. The second kappa shape index (κ2) is 11.9. The Labute approximate surface area is 373 Å². The van der Waals surface area contributed by atoms with Gasteiger partial charge in [0.15, 0.2) is 0 Å². The predicted octanol–water partition coefficient (Wildman–Crippen LogP) is 12.6. The van der Waals surface area contributed by atoms with Crippen LogP contribution in [0.3, 0.4) is 0 Å². The fourth-order valence-corrected chi connectivity index (χ4v) is 15.6. The molecule has 0 spiro atoms. The molecular formula is C57H68BN3Si. The molecule has 1 aromatic heterocycles. The molecule has 0 bridgehead atoms. The maximum absolute atomic E-state index is 2.95. The summed E-state index contributed by atoms with van der Waals surface area (Å²) in [6, 6.07) is 33.3. The van der Waals surface area contributed by atoms with E-state index in [4.69, 9.17) is 0 Å². The van der Waals surface area contributed by atoms with Crippen LogP contribution in [-0.2, 0) is 21.7 Å². The van der Waals surface area contributed by atoms with Crippen LogP contribution in [0.15, 0.2) is 78.9 Å². The van der Waals surface area contributed by atoms with Gasteiger partial charge in [-0.15, -0.1) is 0 Å². The second-order valence-electron chi connectivity index (χ2n) is 24.9. The highest BCUT2D eigenvalue weighted by molar-refractivity contribution is 7.00. The summed E-state index contributed by atoms with van der Waals surface area (Å²) in [6.45, 7) is 32.6. The van der Waals surface area contributed by atoms with Crippen LogP contribution in [0.25, 0.3) is 27.5 Å². The minimum atomic E-state index is -1.54. The smallest absolute Gasteiger partial charge is 0.252 e. The molecule has 0 saturated heterocycles. The zero-order valence-electron chi connectivity index (χ0n) is 40.1. The number of hydrogen-bond donors (Lipinski definition) is 0. The van der Waals surface area contributed by atoms with Gasteiger partial charge in [-0.05, 0) is 125 Å². The van der Waals surface area contributed by atoms with E-state index in [0.29, 0.717) is 0 Å². The van der Waals surface area contributed by atoms with Gasteiger partial charge in [0.05, 0.1) is 24.7 Å². The van der Waals surface area contributed by atoms with Crippen molar-refractivity contribution >= 4 is 80.9 Å². The molecule has 4 atom stereocenters. The van der Waals surface area contributed by atoms with Crippen LogP contribution in [0.1, 0.15) is 143 Å². The van der Waals surface area contributed by atoms with E-state index < -0.39 is 8.07 Å². The molecule has 12 rings (SSSR count). The summed E-state index contributed by atoms with van der Waals surface area (Å²) in [5.41, 5.74) is 20.6. The summed E-state index contributed by atoms with van der Waals surface area (Å²) in [7, 11) is -1.54. The molecule has 3 nitrogen and oxygen atoms in total. The zero-order valence-corrected chi connectivity index (χ0v) is 41.1. The molecule has 5 heterocycles. The number of aromatic nitrogens is 1. The molecule has 62 heavy (non-hydrogen) atoms. The Bertz CT molecular complexity index is 2970. The van der Waals surface area contributed by atoms with Gasteiger partial charge < -0.3 is 14.4 Å². The number of benzene rings is 5. The van der Waals surface area contributed by atoms with Gasteiger partial charge in [0.1, 0.15) is 0 Å². The number of hydrogen-bond acceptors (Lipinski definition) is 2. The van der Waals surface area contributed by atoms with Crippen LogP contribution in [-0.4, -0.2) is 30.4 Å². The van der Waals surface area contributed by atoms with Crippen molar-refractivity contribution in [3.63, 3.8) is 0 Å². The molecule has 2 aliphatic carbocycles. The van der Waals surface area contributed by atoms with Crippen molar-refractivity contribution in [2.45, 2.75) is 173 Å². The monoisotopic (exact) mass is 834 g/mol. The summed E-state index contributed by atoms with van der Waals surface area (Å²) < 4.78 is 2.75. The average Bonchev–Trinajstić information content (AvgIpc) is 3.73. The van der Waals surface area contributed by atoms with Gasteiger partial charge in [0.25, 0.3) is 6.71 Å². The Hall–Kier alpha value is -4.22. The number of nitrogens with zero attached hydrogens (tertiary/aromatic N) is 3. The van der Waals surface area contributed by atoms with Crippen molar-refractivity contribution in [2.75, 3.05) is 9.80 Å². The van der Waals surface area contributed by atoms with Gasteiger partial charge in [-0.3, -0.25) is 0 Å². The summed E-state index contributed by atoms with van der Waals surface area (Å²) in [6.07, 6.45) is 10.0. The van der Waals surface area contributed by atoms with Crippen molar-refractivity contribution < 1.29 is 0 Å². The van der Waals surface area contributed by atoms with E-state index in [-0.39, 0.29) is 39.5 Å². The third kappa shape index (κ3) is 4.65. The van der Waals surface area contributed by atoms with E-state index in [1.54, 1.807) is 16.3 Å². The highest BCUT2D eigenvalue weighted by Crippen LogP contribution is 2.64. The van der Waals surface area contributed by atoms with Crippen molar-refractivity contribution in [1.29, 1.82) is 0 Å². The Morgan fingerprint density at radius 1 is 0.565 bits per heavy atom. The lowest BCUT2D eigenvalue weighted by Crippen LogP contribution is -2.64. The Morgan fingerprint density at radius 3 is 1.87 bits per heavy atom. The minimum Gasteiger partial charge on any atom is -0.335 e. The van der Waals surface area contributed by atoms with Crippen molar-refractivity contribution in [3.05, 3.63) is 101 Å². The zero-order chi connectivity index (χ0) is 43.5. The van der Waals surface area contributed by atoms with Gasteiger partial charge in [-0.2, -0.15) is 0 Å². The molecule has 318 valence electrons. The lowest BCUT2D eigenvalue weighted by molar-refractivity contribution is 0.194. The average molecular weight is 834 g/mol. The summed E-state index contributed by atoms with van der Waals surface area (Å²) >= 11 is 0. The molecule has 2 fully saturated rings. The van der Waals surface area contributed by atoms with E-state index in [1.807, 2.05) is 0 Å². The molecule has 0 amide bonds. The summed E-state index contributed by atoms with van der Waals surface area (Å²) in [4.78, 5) is 5.84. The molecule has 5 heteroatoms. The summed E-state index contributed by atoms with van der Waals surface area (Å²) in [5, 5.41) is 4.38. The largest absolute Gasteiger partial charge is 0.335 e. The molecule has 2 saturated carbocycles. The Kier molecular flexibility index (Phi) is 7.57. The van der Waals surface area contributed by atoms with Crippen LogP contribution in [0.5, 0.6) is 0 Å². The van der Waals surface area contributed by atoms with Crippen molar-refractivity contribution in [1.82, 2.24) is 4.57 Å². The number of fused-ring (bicyclic) bond motifs is 13. The normalized spacial score (nSPS) is 27.1. The molecule has 6 aromatic rings. The SMILES string of the molecule is CC(C)(C)c1ccc2c(c1)c1cc(C(C)(C)C)cc3c1n2-c1cc(N2c4ccc([Si](C)(C)C)cc4C4(C)CCCCC24C)cc2c1B3c1cccc3c1N2C1(C)CCCCC31C. The quantitative estimate of drug-likeness (QED) is 0.161. The predicted molar refractivity (Wildman–Crippen MR) is 271 cm³/mol. The van der Waals surface area contributed by atoms with Crippen LogP contribution < -0.4 is 31.4 Å². The van der Waals surface area contributed by atoms with Crippen molar-refractivity contribution in [2.24, 2.45) is 0 Å². The molecule has 4 unspecified atom stereocenters. The third-order valence-electron chi connectivity index (χ3n) is 18.5. The van der Waals surface area contributed by atoms with E-state index in [0.717, 1.165) is 0 Å². The van der Waals surface area contributed by atoms with Crippen LogP contribution in [0, 0.1) is 0 Å². The van der Waals surface area contributed by atoms with E-state index in [1.165, 1.54) is 129 Å². The first-order chi connectivity index (χ1) is 29.1. The first-order valence-electron chi connectivity index (χ1n) is 24.3. The van der Waals surface area contributed by atoms with Gasteiger partial charge in [-0.25, -0.2) is 0 Å². The third-order valence-corrected chi connectivity index (χ3v) is 20.6. The number of anilines is 4. The van der Waals surface area contributed by atoms with E-state index >= 15 is 0 Å². The Balaban J connectivity index is 1.24. The maximum Gasteiger partial charge on any atom is 0.252 e. The van der Waals surface area contributed by atoms with Crippen LogP contribution in [0.2, 0.25) is 19.6 Å². The van der Waals surface area contributed by atoms with Crippen LogP contribution >= 0.6 is 0 Å². The number of rotatable bonds is 2. The Morgan fingerprint density at radius 2 is 1.19 bits per heavy atom. The minimum absolute atomic E-state index is 0.00350. The van der Waals surface area contributed by atoms with Crippen molar-refractivity contribution in [3.8, 4) is 5.69 Å². The molecule has 0 radical (unpaired) electrons. The molecular weight excluding hydrogens is 766 g/mol. The highest BCUT2D eigenvalue weighted by Gasteiger charge is 2.62. The standard InChI is InChI=1S/C57H68BN3Si/c1-52(2,3)35-21-23-45-39(29-35)40-30-36(53(4,5)6)31-44-50(40)59(45)47-32-37(60-46-24-22-38(62(11,12)13)34-42(46)55(8)26-15-16-27-56(55,60)9)33-48-49(47)58(44)43-20-18-19-41-51(43)61(48)57(10)28-17-14-25-54(41,57)7/h18-24,29-34H,14-17,25-28H2,1-13H3. The number of para-hydroxylation sites is 1. The first-order valence-corrected chi connectivity index (χ1v) is 27.8. The molecule has 0 N–H and O–H groups in total. The second-order valence-corrected chi connectivity index (χ2v) is 30.0. The molecule has 5 aromatic carbocycles. The molecule has 4 aliphatic heterocycles. The topological polar surface area (TPSA) is 11.4 Å². The van der Waals surface area contributed by atoms with E-state index in [9.17, 15) is 0 Å². The van der Waals surface area contributed by atoms with Crippen LogP contribution in [0.4, 0.5) is 22.7 Å². The van der Waals surface area contributed by atoms with Gasteiger partial charge in [0.2, 0.25) is 0 Å². The van der Waals surface area contributed by atoms with Gasteiger partial charge in [-0.1, -0.05) is 148 Å². The fourth-order valence-electron chi connectivity index (χ4n) is 14.4. The first kappa shape index (κ1) is 39.4. The lowest BCUT2D eigenvalue weighted by atomic mass is 9.33. The lowest BCUT2D eigenvalue weighted by Gasteiger charge is -2.53. The van der Waals surface area contributed by atoms with E-state index in [2.05, 4.69) is 182 Å². The fraction of sp³-hybridized carbons (Fsp3) is 0.474. The molecule has 6 aliphatic rings.